The second-order valence-corrected chi connectivity index (χ2v) is 5.19. The summed E-state index contributed by atoms with van der Waals surface area (Å²) in [5.74, 6) is 0.00968. The maximum absolute atomic E-state index is 12.5. The van der Waals surface area contributed by atoms with Gasteiger partial charge in [0.15, 0.2) is 0 Å². The van der Waals surface area contributed by atoms with Crippen LogP contribution in [0.15, 0.2) is 24.4 Å². The van der Waals surface area contributed by atoms with Crippen molar-refractivity contribution in [3.05, 3.63) is 30.0 Å². The zero-order chi connectivity index (χ0) is 14.1. The van der Waals surface area contributed by atoms with Crippen LogP contribution in [0.5, 0.6) is 0 Å². The summed E-state index contributed by atoms with van der Waals surface area (Å²) in [5.41, 5.74) is 7.38. The van der Waals surface area contributed by atoms with Gasteiger partial charge >= 0.3 is 0 Å². The van der Waals surface area contributed by atoms with E-state index in [9.17, 15) is 4.79 Å². The number of hydrogen-bond acceptors (Lipinski definition) is 4. The number of nitrogens with one attached hydrogen (secondary N) is 1. The highest BCUT2D eigenvalue weighted by Crippen LogP contribution is 2.16. The fraction of sp³-hybridized carbons (Fsp3) is 0.429. The highest BCUT2D eigenvalue weighted by atomic mass is 16.5. The SMILES string of the molecule is CC(N)C1CN(C(=O)c2ccc3cn[nH]c3c2)CCO1. The van der Waals surface area contributed by atoms with Gasteiger partial charge in [-0.05, 0) is 19.1 Å². The van der Waals surface area contributed by atoms with Crippen LogP contribution >= 0.6 is 0 Å². The minimum Gasteiger partial charge on any atom is -0.373 e. The fourth-order valence-corrected chi connectivity index (χ4v) is 2.43. The molecular formula is C14H18N4O2. The molecule has 1 saturated heterocycles. The number of carbonyl (C=O) groups excluding carboxylic acids is 1. The Morgan fingerprint density at radius 3 is 3.25 bits per heavy atom. The van der Waals surface area contributed by atoms with Crippen molar-refractivity contribution >= 4 is 16.8 Å². The number of aromatic amines is 1. The smallest absolute Gasteiger partial charge is 0.254 e. The summed E-state index contributed by atoms with van der Waals surface area (Å²) in [6.45, 7) is 3.57. The van der Waals surface area contributed by atoms with Crippen LogP contribution in [0.1, 0.15) is 17.3 Å². The average Bonchev–Trinajstić information content (AvgIpc) is 2.94. The van der Waals surface area contributed by atoms with E-state index in [4.69, 9.17) is 10.5 Å². The van der Waals surface area contributed by atoms with Crippen molar-refractivity contribution in [3.63, 3.8) is 0 Å². The third-order valence-electron chi connectivity index (χ3n) is 3.66. The number of carbonyl (C=O) groups is 1. The Kier molecular flexibility index (Phi) is 3.42. The first kappa shape index (κ1) is 13.1. The van der Waals surface area contributed by atoms with Crippen LogP contribution in [0.25, 0.3) is 10.9 Å². The first-order chi connectivity index (χ1) is 9.65. The minimum absolute atomic E-state index is 0.00968. The van der Waals surface area contributed by atoms with Crippen molar-refractivity contribution in [2.75, 3.05) is 19.7 Å². The maximum Gasteiger partial charge on any atom is 0.254 e. The fourth-order valence-electron chi connectivity index (χ4n) is 2.43. The molecule has 1 fully saturated rings. The lowest BCUT2D eigenvalue weighted by Crippen LogP contribution is -2.51. The first-order valence-corrected chi connectivity index (χ1v) is 6.75. The molecule has 2 heterocycles. The van der Waals surface area contributed by atoms with Gasteiger partial charge in [-0.15, -0.1) is 0 Å². The van der Waals surface area contributed by atoms with E-state index in [1.807, 2.05) is 25.1 Å². The Morgan fingerprint density at radius 1 is 1.60 bits per heavy atom. The lowest BCUT2D eigenvalue weighted by Gasteiger charge is -2.34. The van der Waals surface area contributed by atoms with Crippen molar-refractivity contribution in [1.82, 2.24) is 15.1 Å². The molecular weight excluding hydrogens is 256 g/mol. The number of nitrogens with zero attached hydrogens (tertiary/aromatic N) is 2. The molecule has 20 heavy (non-hydrogen) atoms. The molecule has 2 atom stereocenters. The van der Waals surface area contributed by atoms with Crippen molar-refractivity contribution in [2.24, 2.45) is 5.73 Å². The maximum atomic E-state index is 12.5. The molecule has 0 spiro atoms. The zero-order valence-corrected chi connectivity index (χ0v) is 11.4. The normalized spacial score (nSPS) is 21.1. The van der Waals surface area contributed by atoms with Gasteiger partial charge in [0, 0.05) is 30.1 Å². The molecule has 2 aromatic rings. The Balaban J connectivity index is 1.80. The van der Waals surface area contributed by atoms with Crippen LogP contribution in [0.4, 0.5) is 0 Å². The summed E-state index contributed by atoms with van der Waals surface area (Å²) in [4.78, 5) is 14.3. The van der Waals surface area contributed by atoms with Gasteiger partial charge < -0.3 is 15.4 Å². The molecule has 1 aliphatic heterocycles. The van der Waals surface area contributed by atoms with E-state index < -0.39 is 0 Å². The molecule has 0 bridgehead atoms. The highest BCUT2D eigenvalue weighted by Gasteiger charge is 2.27. The standard InChI is InChI=1S/C14H18N4O2/c1-9(15)13-8-18(4-5-20-13)14(19)10-2-3-11-7-16-17-12(11)6-10/h2-3,6-7,9,13H,4-5,8,15H2,1H3,(H,16,17). The lowest BCUT2D eigenvalue weighted by molar-refractivity contribution is -0.0300. The van der Waals surface area contributed by atoms with E-state index in [0.717, 1.165) is 10.9 Å². The van der Waals surface area contributed by atoms with Gasteiger partial charge in [0.2, 0.25) is 0 Å². The molecule has 1 aliphatic rings. The lowest BCUT2D eigenvalue weighted by atomic mass is 10.1. The molecule has 1 aromatic heterocycles. The van der Waals surface area contributed by atoms with Gasteiger partial charge in [-0.2, -0.15) is 5.10 Å². The Morgan fingerprint density at radius 2 is 2.45 bits per heavy atom. The summed E-state index contributed by atoms with van der Waals surface area (Å²) >= 11 is 0. The molecule has 2 unspecified atom stereocenters. The summed E-state index contributed by atoms with van der Waals surface area (Å²) in [7, 11) is 0. The molecule has 3 rings (SSSR count). The topological polar surface area (TPSA) is 84.2 Å². The number of ether oxygens (including phenoxy) is 1. The summed E-state index contributed by atoms with van der Waals surface area (Å²) in [6.07, 6.45) is 1.65. The van der Waals surface area contributed by atoms with Crippen LogP contribution in [0.3, 0.4) is 0 Å². The molecule has 6 heteroatoms. The van der Waals surface area contributed by atoms with Crippen molar-refractivity contribution in [1.29, 1.82) is 0 Å². The molecule has 0 aliphatic carbocycles. The number of morpholine rings is 1. The second kappa shape index (κ2) is 5.22. The number of H-pyrrole nitrogens is 1. The number of aromatic nitrogens is 2. The van der Waals surface area contributed by atoms with Gasteiger partial charge in [0.25, 0.3) is 5.91 Å². The van der Waals surface area contributed by atoms with Crippen LogP contribution in [-0.4, -0.2) is 52.8 Å². The predicted octanol–water partition coefficient (Wildman–Crippen LogP) is 0.751. The average molecular weight is 274 g/mol. The van der Waals surface area contributed by atoms with Gasteiger partial charge in [-0.1, -0.05) is 6.07 Å². The van der Waals surface area contributed by atoms with Crippen molar-refractivity contribution in [3.8, 4) is 0 Å². The van der Waals surface area contributed by atoms with Crippen LogP contribution in [-0.2, 0) is 4.74 Å². The van der Waals surface area contributed by atoms with Crippen molar-refractivity contribution < 1.29 is 9.53 Å². The van der Waals surface area contributed by atoms with Crippen LogP contribution < -0.4 is 5.73 Å². The third-order valence-corrected chi connectivity index (χ3v) is 3.66. The second-order valence-electron chi connectivity index (χ2n) is 5.19. The summed E-state index contributed by atoms with van der Waals surface area (Å²) in [6, 6.07) is 5.48. The molecule has 3 N–H and O–H groups in total. The molecule has 1 amide bonds. The number of amides is 1. The van der Waals surface area contributed by atoms with E-state index in [1.165, 1.54) is 0 Å². The predicted molar refractivity (Wildman–Crippen MR) is 75.4 cm³/mol. The van der Waals surface area contributed by atoms with E-state index in [1.54, 1.807) is 11.1 Å². The van der Waals surface area contributed by atoms with Gasteiger partial charge in [-0.3, -0.25) is 9.89 Å². The molecule has 0 saturated carbocycles. The summed E-state index contributed by atoms with van der Waals surface area (Å²) in [5, 5.41) is 7.84. The molecule has 6 nitrogen and oxygen atoms in total. The van der Waals surface area contributed by atoms with Gasteiger partial charge in [0.05, 0.1) is 24.4 Å². The largest absolute Gasteiger partial charge is 0.373 e. The van der Waals surface area contributed by atoms with Gasteiger partial charge in [-0.25, -0.2) is 0 Å². The third kappa shape index (κ3) is 2.39. The van der Waals surface area contributed by atoms with Crippen molar-refractivity contribution in [2.45, 2.75) is 19.1 Å². The van der Waals surface area contributed by atoms with E-state index in [2.05, 4.69) is 10.2 Å². The molecule has 0 radical (unpaired) electrons. The number of fused-ring (bicyclic) bond motifs is 1. The minimum atomic E-state index is -0.0939. The Hall–Kier alpha value is -1.92. The quantitative estimate of drug-likeness (QED) is 0.846. The Labute approximate surface area is 116 Å². The molecule has 106 valence electrons. The van der Waals surface area contributed by atoms with Crippen LogP contribution in [0.2, 0.25) is 0 Å². The number of hydrogen-bond donors (Lipinski definition) is 2. The van der Waals surface area contributed by atoms with E-state index in [-0.39, 0.29) is 18.1 Å². The molecule has 1 aromatic carbocycles. The van der Waals surface area contributed by atoms with Gasteiger partial charge in [0.1, 0.15) is 0 Å². The van der Waals surface area contributed by atoms with E-state index in [0.29, 0.717) is 25.3 Å². The first-order valence-electron chi connectivity index (χ1n) is 6.75. The number of benzene rings is 1. The van der Waals surface area contributed by atoms with Crippen LogP contribution in [0, 0.1) is 0 Å². The number of nitrogens with two attached hydrogens (primary N) is 1. The highest BCUT2D eigenvalue weighted by molar-refractivity contribution is 5.97. The monoisotopic (exact) mass is 274 g/mol. The summed E-state index contributed by atoms with van der Waals surface area (Å²) < 4.78 is 5.58. The Bertz CT molecular complexity index is 622. The zero-order valence-electron chi connectivity index (χ0n) is 11.4. The number of rotatable bonds is 2. The van der Waals surface area contributed by atoms with E-state index >= 15 is 0 Å².